The Bertz CT molecular complexity index is 519. The van der Waals surface area contributed by atoms with Gasteiger partial charge in [0, 0.05) is 12.7 Å². The minimum Gasteiger partial charge on any atom is -0.497 e. The maximum absolute atomic E-state index is 12.2. The molecule has 0 heterocycles. The minimum atomic E-state index is -1.11. The summed E-state index contributed by atoms with van der Waals surface area (Å²) in [6, 6.07) is 6.34. The van der Waals surface area contributed by atoms with Gasteiger partial charge < -0.3 is 14.7 Å². The van der Waals surface area contributed by atoms with E-state index >= 15 is 0 Å². The third kappa shape index (κ3) is 3.92. The van der Waals surface area contributed by atoms with Crippen molar-refractivity contribution < 1.29 is 19.4 Å². The summed E-state index contributed by atoms with van der Waals surface area (Å²) in [6.45, 7) is -0.505. The van der Waals surface area contributed by atoms with Crippen molar-refractivity contribution >= 4 is 17.7 Å². The molecule has 6 heteroatoms. The normalized spacial score (nSPS) is 9.45. The van der Waals surface area contributed by atoms with E-state index in [2.05, 4.69) is 5.92 Å². The molecule has 0 aliphatic heterocycles. The third-order valence-electron chi connectivity index (χ3n) is 2.63. The van der Waals surface area contributed by atoms with Gasteiger partial charge in [0.15, 0.2) is 0 Å². The van der Waals surface area contributed by atoms with Gasteiger partial charge in [-0.2, -0.15) is 0 Å². The zero-order chi connectivity index (χ0) is 15.1. The summed E-state index contributed by atoms with van der Waals surface area (Å²) in [7, 11) is 3.10. The molecule has 0 aromatic heterocycles. The van der Waals surface area contributed by atoms with E-state index in [0.717, 1.165) is 4.90 Å². The number of carboxylic acids is 1. The number of benzene rings is 1. The van der Waals surface area contributed by atoms with Crippen LogP contribution < -0.4 is 9.64 Å². The maximum atomic E-state index is 12.2. The highest BCUT2D eigenvalue weighted by Gasteiger charge is 2.20. The number of terminal acetylenes is 1. The Morgan fingerprint density at radius 2 is 1.95 bits per heavy atom. The van der Waals surface area contributed by atoms with Crippen LogP contribution in [-0.4, -0.2) is 49.3 Å². The number of anilines is 1. The summed E-state index contributed by atoms with van der Waals surface area (Å²) in [5.41, 5.74) is 0.614. The Morgan fingerprint density at radius 1 is 1.35 bits per heavy atom. The van der Waals surface area contributed by atoms with Crippen LogP contribution in [0.1, 0.15) is 0 Å². The van der Waals surface area contributed by atoms with Gasteiger partial charge in [-0.1, -0.05) is 5.92 Å². The smallest absolute Gasteiger partial charge is 0.325 e. The number of carboxylic acid groups (broad SMARTS) is 1. The molecule has 0 saturated carbocycles. The average molecular weight is 276 g/mol. The van der Waals surface area contributed by atoms with Crippen molar-refractivity contribution in [3.05, 3.63) is 24.3 Å². The van der Waals surface area contributed by atoms with Crippen LogP contribution in [-0.2, 0) is 4.79 Å². The van der Waals surface area contributed by atoms with Gasteiger partial charge in [0.1, 0.15) is 12.3 Å². The van der Waals surface area contributed by atoms with Gasteiger partial charge in [-0.3, -0.25) is 9.69 Å². The molecule has 20 heavy (non-hydrogen) atoms. The summed E-state index contributed by atoms with van der Waals surface area (Å²) in [5.74, 6) is 1.83. The van der Waals surface area contributed by atoms with Gasteiger partial charge in [0.05, 0.1) is 13.7 Å². The zero-order valence-electron chi connectivity index (χ0n) is 11.4. The zero-order valence-corrected chi connectivity index (χ0v) is 11.4. The highest BCUT2D eigenvalue weighted by molar-refractivity contribution is 5.93. The highest BCUT2D eigenvalue weighted by atomic mass is 16.5. The highest BCUT2D eigenvalue weighted by Crippen LogP contribution is 2.19. The lowest BCUT2D eigenvalue weighted by Gasteiger charge is -2.25. The summed E-state index contributed by atoms with van der Waals surface area (Å²) in [6.07, 6.45) is 5.15. The molecule has 1 aromatic rings. The molecule has 0 radical (unpaired) electrons. The molecule has 1 N–H and O–H groups in total. The second-order valence-corrected chi connectivity index (χ2v) is 3.99. The number of hydrogen-bond donors (Lipinski definition) is 1. The number of rotatable bonds is 5. The molecule has 1 aromatic carbocycles. The van der Waals surface area contributed by atoms with E-state index in [1.165, 1.54) is 4.90 Å². The van der Waals surface area contributed by atoms with Gasteiger partial charge in [-0.05, 0) is 24.3 Å². The fourth-order valence-corrected chi connectivity index (χ4v) is 1.59. The molecule has 0 spiro atoms. The lowest BCUT2D eigenvalue weighted by atomic mass is 10.3. The lowest BCUT2D eigenvalue weighted by Crippen LogP contribution is -2.44. The topological polar surface area (TPSA) is 70.1 Å². The molecule has 0 unspecified atom stereocenters. The summed E-state index contributed by atoms with van der Waals surface area (Å²) in [5, 5.41) is 8.78. The molecular weight excluding hydrogens is 260 g/mol. The van der Waals surface area contributed by atoms with Gasteiger partial charge in [-0.25, -0.2) is 4.79 Å². The summed E-state index contributed by atoms with van der Waals surface area (Å²) in [4.78, 5) is 25.3. The number of carbonyl (C=O) groups is 2. The molecule has 0 aliphatic carbocycles. The van der Waals surface area contributed by atoms with E-state index in [-0.39, 0.29) is 6.54 Å². The van der Waals surface area contributed by atoms with Crippen LogP contribution in [0.2, 0.25) is 0 Å². The van der Waals surface area contributed by atoms with Crippen LogP contribution in [0, 0.1) is 12.3 Å². The number of carbonyl (C=O) groups excluding carboxylic acids is 1. The van der Waals surface area contributed by atoms with Crippen molar-refractivity contribution in [1.29, 1.82) is 0 Å². The van der Waals surface area contributed by atoms with Crippen molar-refractivity contribution in [1.82, 2.24) is 4.90 Å². The van der Waals surface area contributed by atoms with E-state index in [9.17, 15) is 9.59 Å². The first-order valence-electron chi connectivity index (χ1n) is 5.81. The molecule has 0 bridgehead atoms. The SMILES string of the molecule is C#CCN(CC(=O)O)C(=O)N(C)c1ccc(OC)cc1. The standard InChI is InChI=1S/C14H16N2O4/c1-4-9-16(10-13(17)18)14(19)15(2)11-5-7-12(20-3)8-6-11/h1,5-8H,9-10H2,2-3H3,(H,17,18). The van der Waals surface area contributed by atoms with E-state index in [1.807, 2.05) is 0 Å². The molecule has 0 aliphatic rings. The number of nitrogens with zero attached hydrogens (tertiary/aromatic N) is 2. The van der Waals surface area contributed by atoms with Gasteiger partial charge in [-0.15, -0.1) is 6.42 Å². The average Bonchev–Trinajstić information content (AvgIpc) is 2.45. The number of ether oxygens (including phenoxy) is 1. The largest absolute Gasteiger partial charge is 0.497 e. The number of aliphatic carboxylic acids is 1. The third-order valence-corrected chi connectivity index (χ3v) is 2.63. The Labute approximate surface area is 117 Å². The van der Waals surface area contributed by atoms with Gasteiger partial charge in [0.25, 0.3) is 0 Å². The summed E-state index contributed by atoms with van der Waals surface area (Å²) < 4.78 is 5.03. The number of methoxy groups -OCH3 is 1. The minimum absolute atomic E-state index is 0.0639. The molecular formula is C14H16N2O4. The Kier molecular flexibility index (Phi) is 5.42. The Balaban J connectivity index is 2.86. The molecule has 0 saturated heterocycles. The van der Waals surface area contributed by atoms with Crippen LogP contribution in [0.25, 0.3) is 0 Å². The fourth-order valence-electron chi connectivity index (χ4n) is 1.59. The molecule has 1 rings (SSSR count). The van der Waals surface area contributed by atoms with E-state index in [0.29, 0.717) is 11.4 Å². The first-order chi connectivity index (χ1) is 9.49. The Morgan fingerprint density at radius 3 is 2.40 bits per heavy atom. The van der Waals surface area contributed by atoms with Crippen LogP contribution in [0.15, 0.2) is 24.3 Å². The predicted molar refractivity (Wildman–Crippen MR) is 74.8 cm³/mol. The summed E-state index contributed by atoms with van der Waals surface area (Å²) >= 11 is 0. The van der Waals surface area contributed by atoms with Crippen molar-refractivity contribution in [2.75, 3.05) is 32.1 Å². The fraction of sp³-hybridized carbons (Fsp3) is 0.286. The number of amides is 2. The molecule has 2 amide bonds. The van der Waals surface area contributed by atoms with E-state index < -0.39 is 18.5 Å². The van der Waals surface area contributed by atoms with Crippen molar-refractivity contribution in [2.45, 2.75) is 0 Å². The first kappa shape index (κ1) is 15.4. The van der Waals surface area contributed by atoms with Crippen LogP contribution >= 0.6 is 0 Å². The van der Waals surface area contributed by atoms with Crippen molar-refractivity contribution in [3.8, 4) is 18.1 Å². The van der Waals surface area contributed by atoms with Crippen LogP contribution in [0.4, 0.5) is 10.5 Å². The van der Waals surface area contributed by atoms with Crippen LogP contribution in [0.3, 0.4) is 0 Å². The quantitative estimate of drug-likeness (QED) is 0.822. The molecule has 0 atom stereocenters. The number of hydrogen-bond acceptors (Lipinski definition) is 3. The number of urea groups is 1. The van der Waals surface area contributed by atoms with Crippen molar-refractivity contribution in [3.63, 3.8) is 0 Å². The van der Waals surface area contributed by atoms with Crippen molar-refractivity contribution in [2.24, 2.45) is 0 Å². The molecule has 0 fully saturated rings. The molecule has 6 nitrogen and oxygen atoms in total. The van der Waals surface area contributed by atoms with E-state index in [1.54, 1.807) is 38.4 Å². The van der Waals surface area contributed by atoms with Gasteiger partial charge in [0.2, 0.25) is 0 Å². The van der Waals surface area contributed by atoms with E-state index in [4.69, 9.17) is 16.3 Å². The first-order valence-corrected chi connectivity index (χ1v) is 5.81. The molecule has 106 valence electrons. The second-order valence-electron chi connectivity index (χ2n) is 3.99. The maximum Gasteiger partial charge on any atom is 0.325 e. The predicted octanol–water partition coefficient (Wildman–Crippen LogP) is 1.27. The Hall–Kier alpha value is -2.68. The van der Waals surface area contributed by atoms with Gasteiger partial charge >= 0.3 is 12.0 Å². The van der Waals surface area contributed by atoms with Crippen LogP contribution in [0.5, 0.6) is 5.75 Å². The lowest BCUT2D eigenvalue weighted by molar-refractivity contribution is -0.137. The monoisotopic (exact) mass is 276 g/mol. The second kappa shape index (κ2) is 7.04.